The van der Waals surface area contributed by atoms with E-state index in [-0.39, 0.29) is 16.9 Å². The van der Waals surface area contributed by atoms with E-state index >= 15 is 0 Å². The van der Waals surface area contributed by atoms with Crippen LogP contribution in [0.25, 0.3) is 11.0 Å². The van der Waals surface area contributed by atoms with Crippen LogP contribution in [-0.4, -0.2) is 11.7 Å². The van der Waals surface area contributed by atoms with Gasteiger partial charge in [0, 0.05) is 6.07 Å². The molecular formula is C21H19NO4. The molecule has 0 amide bonds. The summed E-state index contributed by atoms with van der Waals surface area (Å²) in [5.41, 5.74) is 0.308. The zero-order valence-electron chi connectivity index (χ0n) is 14.3. The molecule has 0 aliphatic rings. The van der Waals surface area contributed by atoms with E-state index < -0.39 is 5.63 Å². The van der Waals surface area contributed by atoms with E-state index in [4.69, 9.17) is 14.4 Å². The Morgan fingerprint density at radius 3 is 2.65 bits per heavy atom. The first-order valence-electron chi connectivity index (χ1n) is 8.55. The van der Waals surface area contributed by atoms with Crippen LogP contribution in [0.3, 0.4) is 0 Å². The Morgan fingerprint density at radius 1 is 1.08 bits per heavy atom. The number of ether oxygens (including phenoxy) is 1. The molecule has 0 aliphatic heterocycles. The topological polar surface area (TPSA) is 83.5 Å². The van der Waals surface area contributed by atoms with Crippen LogP contribution >= 0.6 is 0 Å². The van der Waals surface area contributed by atoms with Crippen molar-refractivity contribution in [3.8, 4) is 17.6 Å². The first-order chi connectivity index (χ1) is 12.7. The smallest absolute Gasteiger partial charge is 0.358 e. The lowest BCUT2D eigenvalue weighted by Gasteiger charge is -2.08. The second kappa shape index (κ2) is 8.21. The Hall–Kier alpha value is -3.26. The maximum absolute atomic E-state index is 11.7. The van der Waals surface area contributed by atoms with Crippen molar-refractivity contribution in [1.29, 1.82) is 5.26 Å². The molecule has 0 aliphatic carbocycles. The molecular weight excluding hydrogens is 330 g/mol. The number of nitriles is 1. The summed E-state index contributed by atoms with van der Waals surface area (Å²) >= 11 is 0. The van der Waals surface area contributed by atoms with Gasteiger partial charge in [-0.2, -0.15) is 5.26 Å². The van der Waals surface area contributed by atoms with Gasteiger partial charge < -0.3 is 14.3 Å². The summed E-state index contributed by atoms with van der Waals surface area (Å²) in [6.45, 7) is 0.562. The molecule has 5 heteroatoms. The molecule has 0 spiro atoms. The minimum absolute atomic E-state index is 0.202. The first-order valence-corrected chi connectivity index (χ1v) is 8.55. The van der Waals surface area contributed by atoms with E-state index in [2.05, 4.69) is 12.1 Å². The molecule has 0 bridgehead atoms. The normalized spacial score (nSPS) is 10.6. The Morgan fingerprint density at radius 2 is 1.88 bits per heavy atom. The van der Waals surface area contributed by atoms with Gasteiger partial charge in [-0.05, 0) is 43.4 Å². The molecule has 1 N–H and O–H groups in total. The van der Waals surface area contributed by atoms with Gasteiger partial charge in [-0.15, -0.1) is 0 Å². The summed E-state index contributed by atoms with van der Waals surface area (Å²) in [4.78, 5) is 11.7. The number of fused-ring (bicyclic) bond motifs is 1. The molecule has 3 aromatic rings. The average molecular weight is 349 g/mol. The number of benzene rings is 2. The number of aromatic hydroxyl groups is 1. The fourth-order valence-corrected chi connectivity index (χ4v) is 2.80. The van der Waals surface area contributed by atoms with Gasteiger partial charge >= 0.3 is 5.63 Å². The Bertz CT molecular complexity index is 987. The molecule has 0 atom stereocenters. The third-order valence-electron chi connectivity index (χ3n) is 4.18. The highest BCUT2D eigenvalue weighted by Crippen LogP contribution is 2.28. The van der Waals surface area contributed by atoms with Crippen LogP contribution in [0, 0.1) is 11.3 Å². The second-order valence-electron chi connectivity index (χ2n) is 6.03. The molecule has 0 saturated carbocycles. The summed E-state index contributed by atoms with van der Waals surface area (Å²) in [6.07, 6.45) is 4.14. The number of hydrogen-bond acceptors (Lipinski definition) is 5. The third kappa shape index (κ3) is 4.04. The van der Waals surface area contributed by atoms with Crippen molar-refractivity contribution >= 4 is 11.0 Å². The summed E-state index contributed by atoms with van der Waals surface area (Å²) in [6, 6.07) is 16.9. The lowest BCUT2D eigenvalue weighted by Crippen LogP contribution is -2.04. The number of aryl methyl sites for hydroxylation is 1. The summed E-state index contributed by atoms with van der Waals surface area (Å²) < 4.78 is 10.8. The molecule has 5 nitrogen and oxygen atoms in total. The standard InChI is InChI=1S/C21H19NO4/c22-14-18-20(23)17-11-10-16(13-19(17)26-21(18)24)25-12-6-2-5-9-15-7-3-1-4-8-15/h1,3-4,7-8,10-11,13,23H,2,5-6,9,12H2. The van der Waals surface area contributed by atoms with Crippen LogP contribution in [0.5, 0.6) is 11.5 Å². The van der Waals surface area contributed by atoms with Crippen molar-refractivity contribution in [2.24, 2.45) is 0 Å². The lowest BCUT2D eigenvalue weighted by atomic mass is 10.1. The fraction of sp³-hybridized carbons (Fsp3) is 0.238. The van der Waals surface area contributed by atoms with E-state index in [1.807, 2.05) is 18.2 Å². The second-order valence-corrected chi connectivity index (χ2v) is 6.03. The minimum Gasteiger partial charge on any atom is -0.506 e. The molecule has 26 heavy (non-hydrogen) atoms. The predicted octanol–water partition coefficient (Wildman–Crippen LogP) is 4.16. The van der Waals surface area contributed by atoms with Gasteiger partial charge in [0.05, 0.1) is 12.0 Å². The van der Waals surface area contributed by atoms with E-state index in [1.165, 1.54) is 5.56 Å². The van der Waals surface area contributed by atoms with Gasteiger partial charge in [0.2, 0.25) is 0 Å². The highest BCUT2D eigenvalue weighted by molar-refractivity contribution is 5.86. The highest BCUT2D eigenvalue weighted by atomic mass is 16.5. The largest absolute Gasteiger partial charge is 0.506 e. The quantitative estimate of drug-likeness (QED) is 0.511. The minimum atomic E-state index is -0.851. The van der Waals surface area contributed by atoms with Crippen molar-refractivity contribution in [3.05, 3.63) is 70.1 Å². The van der Waals surface area contributed by atoms with Crippen molar-refractivity contribution in [1.82, 2.24) is 0 Å². The number of nitrogens with zero attached hydrogens (tertiary/aromatic N) is 1. The summed E-state index contributed by atoms with van der Waals surface area (Å²) in [5, 5.41) is 19.2. The van der Waals surface area contributed by atoms with Gasteiger partial charge in [-0.1, -0.05) is 30.3 Å². The van der Waals surface area contributed by atoms with Crippen LogP contribution < -0.4 is 10.4 Å². The molecule has 0 unspecified atom stereocenters. The maximum Gasteiger partial charge on any atom is 0.358 e. The van der Waals surface area contributed by atoms with Crippen LogP contribution in [0.4, 0.5) is 0 Å². The number of rotatable bonds is 7. The van der Waals surface area contributed by atoms with Gasteiger partial charge in [0.25, 0.3) is 0 Å². The van der Waals surface area contributed by atoms with Crippen molar-refractivity contribution in [2.45, 2.75) is 25.7 Å². The third-order valence-corrected chi connectivity index (χ3v) is 4.18. The van der Waals surface area contributed by atoms with Crippen LogP contribution in [0.2, 0.25) is 0 Å². The van der Waals surface area contributed by atoms with E-state index in [1.54, 1.807) is 24.3 Å². The Kier molecular flexibility index (Phi) is 5.55. The molecule has 0 saturated heterocycles. The van der Waals surface area contributed by atoms with Gasteiger partial charge in [-0.3, -0.25) is 0 Å². The maximum atomic E-state index is 11.7. The molecule has 0 fully saturated rings. The van der Waals surface area contributed by atoms with Crippen molar-refractivity contribution in [3.63, 3.8) is 0 Å². The van der Waals surface area contributed by atoms with Gasteiger partial charge in [-0.25, -0.2) is 4.79 Å². The zero-order chi connectivity index (χ0) is 18.4. The molecule has 2 aromatic carbocycles. The number of hydrogen-bond donors (Lipinski definition) is 1. The van der Waals surface area contributed by atoms with E-state index in [9.17, 15) is 9.90 Å². The Balaban J connectivity index is 1.53. The summed E-state index contributed by atoms with van der Waals surface area (Å²) in [5.74, 6) is 0.207. The lowest BCUT2D eigenvalue weighted by molar-refractivity contribution is 0.305. The Labute approximate surface area is 151 Å². The first kappa shape index (κ1) is 17.6. The summed E-state index contributed by atoms with van der Waals surface area (Å²) in [7, 11) is 0. The highest BCUT2D eigenvalue weighted by Gasteiger charge is 2.13. The molecule has 1 aromatic heterocycles. The van der Waals surface area contributed by atoms with E-state index in [0.29, 0.717) is 17.7 Å². The van der Waals surface area contributed by atoms with Crippen LogP contribution in [0.15, 0.2) is 57.7 Å². The molecule has 3 rings (SSSR count). The predicted molar refractivity (Wildman–Crippen MR) is 98.4 cm³/mol. The van der Waals surface area contributed by atoms with E-state index in [0.717, 1.165) is 25.7 Å². The van der Waals surface area contributed by atoms with Crippen LogP contribution in [-0.2, 0) is 6.42 Å². The zero-order valence-corrected chi connectivity index (χ0v) is 14.3. The number of unbranched alkanes of at least 4 members (excludes halogenated alkanes) is 2. The molecule has 1 heterocycles. The van der Waals surface area contributed by atoms with Crippen LogP contribution in [0.1, 0.15) is 30.4 Å². The molecule has 0 radical (unpaired) electrons. The fourth-order valence-electron chi connectivity index (χ4n) is 2.80. The average Bonchev–Trinajstić information content (AvgIpc) is 2.65. The SMILES string of the molecule is N#Cc1c(O)c2ccc(OCCCCCc3ccccc3)cc2oc1=O. The van der Waals surface area contributed by atoms with Crippen molar-refractivity contribution < 1.29 is 14.3 Å². The molecule has 132 valence electrons. The van der Waals surface area contributed by atoms with Gasteiger partial charge in [0.15, 0.2) is 11.3 Å². The monoisotopic (exact) mass is 349 g/mol. The van der Waals surface area contributed by atoms with Crippen molar-refractivity contribution in [2.75, 3.05) is 6.61 Å². The van der Waals surface area contributed by atoms with Gasteiger partial charge in [0.1, 0.15) is 17.4 Å².